The quantitative estimate of drug-likeness (QED) is 0.854. The number of likely N-dealkylation sites (tertiary alicyclic amines) is 1. The van der Waals surface area contributed by atoms with Crippen LogP contribution >= 0.6 is 11.3 Å². The van der Waals surface area contributed by atoms with Crippen LogP contribution in [0.5, 0.6) is 0 Å². The molecule has 2 aliphatic rings. The summed E-state index contributed by atoms with van der Waals surface area (Å²) in [5, 5.41) is 3.36. The summed E-state index contributed by atoms with van der Waals surface area (Å²) < 4.78 is 27.2. The summed E-state index contributed by atoms with van der Waals surface area (Å²) in [5.74, 6) is 0.0879. The first kappa shape index (κ1) is 16.0. The van der Waals surface area contributed by atoms with E-state index in [1.807, 2.05) is 4.90 Å². The van der Waals surface area contributed by atoms with Gasteiger partial charge in [0.25, 0.3) is 0 Å². The molecule has 1 saturated carbocycles. The first-order valence-corrected chi connectivity index (χ1v) is 10.3. The van der Waals surface area contributed by atoms with E-state index in [1.54, 1.807) is 16.8 Å². The normalized spacial score (nSPS) is 24.6. The van der Waals surface area contributed by atoms with Crippen molar-refractivity contribution in [2.75, 3.05) is 6.54 Å². The highest BCUT2D eigenvalue weighted by Crippen LogP contribution is 2.26. The van der Waals surface area contributed by atoms with Crippen LogP contribution in [0.2, 0.25) is 0 Å². The maximum Gasteiger partial charge on any atom is 0.241 e. The zero-order chi connectivity index (χ0) is 15.6. The van der Waals surface area contributed by atoms with Gasteiger partial charge in [-0.1, -0.05) is 25.7 Å². The molecule has 0 aromatic carbocycles. The highest BCUT2D eigenvalue weighted by Gasteiger charge is 2.36. The summed E-state index contributed by atoms with van der Waals surface area (Å²) in [6.45, 7) is 0.507. The minimum atomic E-state index is -3.50. The van der Waals surface area contributed by atoms with Crippen molar-refractivity contribution in [2.24, 2.45) is 0 Å². The molecule has 1 N–H and O–H groups in total. The van der Waals surface area contributed by atoms with Crippen molar-refractivity contribution in [2.45, 2.75) is 61.9 Å². The number of amides is 1. The average molecular weight is 342 g/mol. The Morgan fingerprint density at radius 3 is 2.55 bits per heavy atom. The summed E-state index contributed by atoms with van der Waals surface area (Å²) in [6.07, 6.45) is 7.20. The van der Waals surface area contributed by atoms with E-state index in [0.29, 0.717) is 12.6 Å². The number of hydrogen-bond acceptors (Lipinski definition) is 4. The van der Waals surface area contributed by atoms with E-state index in [-0.39, 0.29) is 23.3 Å². The number of hydrogen-bond donors (Lipinski definition) is 1. The number of rotatable bonds is 4. The number of nitrogens with one attached hydrogen (secondary N) is 1. The Morgan fingerprint density at radius 1 is 1.18 bits per heavy atom. The molecule has 2 heterocycles. The minimum absolute atomic E-state index is 0.0879. The Hall–Kier alpha value is -0.920. The molecule has 7 heteroatoms. The van der Waals surface area contributed by atoms with Gasteiger partial charge in [0.05, 0.1) is 4.90 Å². The van der Waals surface area contributed by atoms with Crippen LogP contribution in [0, 0.1) is 0 Å². The van der Waals surface area contributed by atoms with Gasteiger partial charge in [0.1, 0.15) is 0 Å². The van der Waals surface area contributed by atoms with E-state index < -0.39 is 10.0 Å². The smallest absolute Gasteiger partial charge is 0.241 e. The summed E-state index contributed by atoms with van der Waals surface area (Å²) in [4.78, 5) is 14.5. The van der Waals surface area contributed by atoms with Crippen LogP contribution in [0.15, 0.2) is 21.7 Å². The van der Waals surface area contributed by atoms with Crippen LogP contribution in [0.25, 0.3) is 0 Å². The molecule has 1 aromatic rings. The lowest BCUT2D eigenvalue weighted by molar-refractivity contribution is -0.129. The van der Waals surface area contributed by atoms with Gasteiger partial charge in [-0.15, -0.1) is 0 Å². The fourth-order valence-electron chi connectivity index (χ4n) is 3.43. The number of sulfonamides is 1. The molecule has 0 unspecified atom stereocenters. The van der Waals surface area contributed by atoms with E-state index in [9.17, 15) is 13.2 Å². The SMILES string of the molecule is O=C1C[C@@H](NS(=O)(=O)c2ccsc2)CN1C1CCCCCC1. The largest absolute Gasteiger partial charge is 0.338 e. The maximum absolute atomic E-state index is 12.3. The van der Waals surface area contributed by atoms with E-state index in [2.05, 4.69) is 4.72 Å². The van der Waals surface area contributed by atoms with Gasteiger partial charge in [0.2, 0.25) is 15.9 Å². The Labute approximate surface area is 135 Å². The average Bonchev–Trinajstić information content (AvgIpc) is 3.03. The van der Waals surface area contributed by atoms with Crippen LogP contribution in [-0.4, -0.2) is 37.9 Å². The molecule has 2 fully saturated rings. The lowest BCUT2D eigenvalue weighted by Gasteiger charge is -2.27. The van der Waals surface area contributed by atoms with Gasteiger partial charge in [-0.3, -0.25) is 4.79 Å². The zero-order valence-electron chi connectivity index (χ0n) is 12.5. The Bertz CT molecular complexity index is 605. The molecule has 1 amide bonds. The van der Waals surface area contributed by atoms with Gasteiger partial charge in [0, 0.05) is 30.4 Å². The van der Waals surface area contributed by atoms with Gasteiger partial charge in [0.15, 0.2) is 0 Å². The number of carbonyl (C=O) groups excluding carboxylic acids is 1. The van der Waals surface area contributed by atoms with E-state index in [0.717, 1.165) is 12.8 Å². The molecule has 1 aliphatic carbocycles. The van der Waals surface area contributed by atoms with Crippen LogP contribution in [-0.2, 0) is 14.8 Å². The lowest BCUT2D eigenvalue weighted by Crippen LogP contribution is -2.40. The molecule has 0 spiro atoms. The molecule has 1 aromatic heterocycles. The minimum Gasteiger partial charge on any atom is -0.338 e. The van der Waals surface area contributed by atoms with E-state index >= 15 is 0 Å². The van der Waals surface area contributed by atoms with Crippen molar-refractivity contribution < 1.29 is 13.2 Å². The van der Waals surface area contributed by atoms with E-state index in [1.165, 1.54) is 37.0 Å². The first-order valence-electron chi connectivity index (χ1n) is 7.90. The third-order valence-electron chi connectivity index (χ3n) is 4.55. The van der Waals surface area contributed by atoms with Crippen LogP contribution in [0.3, 0.4) is 0 Å². The third kappa shape index (κ3) is 3.52. The molecule has 0 radical (unpaired) electrons. The van der Waals surface area contributed by atoms with Gasteiger partial charge in [-0.05, 0) is 24.3 Å². The van der Waals surface area contributed by atoms with Crippen LogP contribution in [0.4, 0.5) is 0 Å². The lowest BCUT2D eigenvalue weighted by atomic mass is 10.1. The Morgan fingerprint density at radius 2 is 1.91 bits per heavy atom. The van der Waals surface area contributed by atoms with Crippen molar-refractivity contribution in [3.63, 3.8) is 0 Å². The molecule has 22 heavy (non-hydrogen) atoms. The third-order valence-corrected chi connectivity index (χ3v) is 6.90. The van der Waals surface area contributed by atoms with Gasteiger partial charge < -0.3 is 4.90 Å². The Balaban J connectivity index is 1.64. The van der Waals surface area contributed by atoms with Crippen LogP contribution in [0.1, 0.15) is 44.9 Å². The second-order valence-electron chi connectivity index (χ2n) is 6.17. The highest BCUT2D eigenvalue weighted by atomic mass is 32.2. The summed E-state index contributed by atoms with van der Waals surface area (Å²) >= 11 is 1.35. The maximum atomic E-state index is 12.3. The van der Waals surface area contributed by atoms with Crippen LogP contribution < -0.4 is 4.72 Å². The van der Waals surface area contributed by atoms with Gasteiger partial charge in [-0.25, -0.2) is 13.1 Å². The summed E-state index contributed by atoms with van der Waals surface area (Å²) in [7, 11) is -3.50. The van der Waals surface area contributed by atoms with Crippen molar-refractivity contribution in [3.8, 4) is 0 Å². The standard InChI is InChI=1S/C15H22N2O3S2/c18-15-9-12(16-22(19,20)14-7-8-21-11-14)10-17(15)13-5-3-1-2-4-6-13/h7-8,11-13,16H,1-6,9-10H2/t12-/m1/s1. The Kier molecular flexibility index (Phi) is 4.84. The predicted octanol–water partition coefficient (Wildman–Crippen LogP) is 2.35. The highest BCUT2D eigenvalue weighted by molar-refractivity contribution is 7.89. The number of nitrogens with zero attached hydrogens (tertiary/aromatic N) is 1. The van der Waals surface area contributed by atoms with Crippen molar-refractivity contribution in [1.29, 1.82) is 0 Å². The summed E-state index contributed by atoms with van der Waals surface area (Å²) in [5.41, 5.74) is 0. The molecule has 5 nitrogen and oxygen atoms in total. The second-order valence-corrected chi connectivity index (χ2v) is 8.67. The molecule has 3 rings (SSSR count). The van der Waals surface area contributed by atoms with Gasteiger partial charge >= 0.3 is 0 Å². The molecule has 1 aliphatic heterocycles. The fourth-order valence-corrected chi connectivity index (χ4v) is 5.68. The number of carbonyl (C=O) groups is 1. The molecule has 122 valence electrons. The predicted molar refractivity (Wildman–Crippen MR) is 86.2 cm³/mol. The van der Waals surface area contributed by atoms with Crippen molar-refractivity contribution in [3.05, 3.63) is 16.8 Å². The molecular formula is C15H22N2O3S2. The van der Waals surface area contributed by atoms with Gasteiger partial charge in [-0.2, -0.15) is 11.3 Å². The topological polar surface area (TPSA) is 66.5 Å². The first-order chi connectivity index (χ1) is 10.6. The zero-order valence-corrected chi connectivity index (χ0v) is 14.2. The molecule has 0 bridgehead atoms. The van der Waals surface area contributed by atoms with Crippen molar-refractivity contribution in [1.82, 2.24) is 9.62 Å². The molecular weight excluding hydrogens is 320 g/mol. The summed E-state index contributed by atoms with van der Waals surface area (Å²) in [6, 6.07) is 1.58. The fraction of sp³-hybridized carbons (Fsp3) is 0.667. The molecule has 1 atom stereocenters. The monoisotopic (exact) mass is 342 g/mol. The molecule has 1 saturated heterocycles. The van der Waals surface area contributed by atoms with Crippen molar-refractivity contribution >= 4 is 27.3 Å². The number of thiophene rings is 1. The second kappa shape index (κ2) is 6.68. The van der Waals surface area contributed by atoms with E-state index in [4.69, 9.17) is 0 Å².